The molecule has 0 radical (unpaired) electrons. The zero-order valence-corrected chi connectivity index (χ0v) is 16.8. The Morgan fingerprint density at radius 3 is 2.41 bits per heavy atom. The minimum atomic E-state index is -0.546. The van der Waals surface area contributed by atoms with E-state index in [0.717, 1.165) is 12.2 Å². The Kier molecular flexibility index (Phi) is 6.82. The summed E-state index contributed by atoms with van der Waals surface area (Å²) >= 11 is 0. The molecule has 0 spiro atoms. The van der Waals surface area contributed by atoms with Crippen LogP contribution in [0.25, 0.3) is 0 Å². The fourth-order valence-electron chi connectivity index (χ4n) is 3.03. The Labute approximate surface area is 159 Å². The van der Waals surface area contributed by atoms with Gasteiger partial charge in [-0.05, 0) is 25.3 Å². The first-order valence-electron chi connectivity index (χ1n) is 9.09. The molecular weight excluding hydrogens is 349 g/mol. The SMILES string of the molecule is CCc1c(C(=O)NC(C)c2cc(OC)c(OC)cc2F)cnn1CC(C)C. The van der Waals surface area contributed by atoms with Crippen molar-refractivity contribution < 1.29 is 18.7 Å². The van der Waals surface area contributed by atoms with E-state index in [1.807, 2.05) is 11.6 Å². The second-order valence-electron chi connectivity index (χ2n) is 6.86. The van der Waals surface area contributed by atoms with Crippen LogP contribution in [0.3, 0.4) is 0 Å². The molecule has 7 heteroatoms. The van der Waals surface area contributed by atoms with E-state index in [2.05, 4.69) is 24.3 Å². The highest BCUT2D eigenvalue weighted by atomic mass is 19.1. The number of hydrogen-bond acceptors (Lipinski definition) is 4. The molecule has 0 aliphatic heterocycles. The number of methoxy groups -OCH3 is 2. The van der Waals surface area contributed by atoms with Crippen LogP contribution in [0.15, 0.2) is 18.3 Å². The first kappa shape index (κ1) is 20.7. The molecule has 0 aliphatic rings. The van der Waals surface area contributed by atoms with Crippen LogP contribution in [0.2, 0.25) is 0 Å². The molecule has 6 nitrogen and oxygen atoms in total. The zero-order chi connectivity index (χ0) is 20.1. The van der Waals surface area contributed by atoms with Crippen molar-refractivity contribution in [3.05, 3.63) is 41.0 Å². The minimum Gasteiger partial charge on any atom is -0.493 e. The summed E-state index contributed by atoms with van der Waals surface area (Å²) in [5.74, 6) is 0.399. The predicted octanol–water partition coefficient (Wildman–Crippen LogP) is 3.75. The Balaban J connectivity index is 2.25. The number of halogens is 1. The van der Waals surface area contributed by atoms with Crippen LogP contribution in [0.5, 0.6) is 11.5 Å². The molecule has 1 amide bonds. The van der Waals surface area contributed by atoms with E-state index in [4.69, 9.17) is 9.47 Å². The van der Waals surface area contributed by atoms with Crippen LogP contribution in [-0.2, 0) is 13.0 Å². The third kappa shape index (κ3) is 4.59. The van der Waals surface area contributed by atoms with Gasteiger partial charge in [0.15, 0.2) is 11.5 Å². The first-order chi connectivity index (χ1) is 12.8. The molecule has 1 N–H and O–H groups in total. The molecule has 1 aromatic carbocycles. The Morgan fingerprint density at radius 2 is 1.85 bits per heavy atom. The van der Waals surface area contributed by atoms with Gasteiger partial charge < -0.3 is 14.8 Å². The standard InChI is InChI=1S/C20H28FN3O3/c1-7-17-15(10-22-24(17)11-12(2)3)20(25)23-13(4)14-8-18(26-5)19(27-6)9-16(14)21/h8-10,12-13H,7,11H2,1-6H3,(H,23,25). The third-order valence-corrected chi connectivity index (χ3v) is 4.38. The van der Waals surface area contributed by atoms with Gasteiger partial charge in [-0.15, -0.1) is 0 Å². The predicted molar refractivity (Wildman–Crippen MR) is 102 cm³/mol. The Morgan fingerprint density at radius 1 is 1.22 bits per heavy atom. The maximum absolute atomic E-state index is 14.4. The van der Waals surface area contributed by atoms with Crippen LogP contribution in [0.1, 0.15) is 55.4 Å². The number of benzene rings is 1. The van der Waals surface area contributed by atoms with Crippen LogP contribution in [-0.4, -0.2) is 29.9 Å². The van der Waals surface area contributed by atoms with Gasteiger partial charge in [0.2, 0.25) is 0 Å². The quantitative estimate of drug-likeness (QED) is 0.761. The lowest BCUT2D eigenvalue weighted by molar-refractivity contribution is 0.0938. The summed E-state index contributed by atoms with van der Waals surface area (Å²) in [6.45, 7) is 8.66. The molecule has 0 saturated carbocycles. The smallest absolute Gasteiger partial charge is 0.255 e. The molecule has 2 aromatic rings. The van der Waals surface area contributed by atoms with Gasteiger partial charge >= 0.3 is 0 Å². The molecule has 0 fully saturated rings. The lowest BCUT2D eigenvalue weighted by Gasteiger charge is -2.18. The highest BCUT2D eigenvalue weighted by molar-refractivity contribution is 5.95. The van der Waals surface area contributed by atoms with E-state index in [9.17, 15) is 9.18 Å². The average molecular weight is 377 g/mol. The number of ether oxygens (including phenoxy) is 2. The summed E-state index contributed by atoms with van der Waals surface area (Å²) in [5.41, 5.74) is 1.72. The summed E-state index contributed by atoms with van der Waals surface area (Å²) < 4.78 is 26.6. The number of nitrogens with zero attached hydrogens (tertiary/aromatic N) is 2. The fraction of sp³-hybridized carbons (Fsp3) is 0.500. The van der Waals surface area contributed by atoms with Crippen LogP contribution in [0.4, 0.5) is 4.39 Å². The molecule has 1 heterocycles. The number of rotatable bonds is 8. The summed E-state index contributed by atoms with van der Waals surface area (Å²) in [7, 11) is 2.93. The lowest BCUT2D eigenvalue weighted by Crippen LogP contribution is -2.28. The van der Waals surface area contributed by atoms with Crippen LogP contribution < -0.4 is 14.8 Å². The van der Waals surface area contributed by atoms with Crippen molar-refractivity contribution >= 4 is 5.91 Å². The van der Waals surface area contributed by atoms with Crippen LogP contribution >= 0.6 is 0 Å². The molecule has 2 rings (SSSR count). The van der Waals surface area contributed by atoms with Crippen LogP contribution in [0, 0.1) is 11.7 Å². The first-order valence-corrected chi connectivity index (χ1v) is 9.09. The summed E-state index contributed by atoms with van der Waals surface area (Å²) in [6.07, 6.45) is 2.27. The van der Waals surface area contributed by atoms with E-state index < -0.39 is 11.9 Å². The summed E-state index contributed by atoms with van der Waals surface area (Å²) in [6, 6.07) is 2.26. The molecule has 1 unspecified atom stereocenters. The molecule has 0 saturated heterocycles. The normalized spacial score (nSPS) is 12.1. The van der Waals surface area contributed by atoms with Gasteiger partial charge in [-0.1, -0.05) is 20.8 Å². The number of amides is 1. The number of hydrogen-bond donors (Lipinski definition) is 1. The van der Waals surface area contributed by atoms with E-state index in [1.165, 1.54) is 20.3 Å². The molecule has 27 heavy (non-hydrogen) atoms. The van der Waals surface area contributed by atoms with E-state index in [-0.39, 0.29) is 5.91 Å². The van der Waals surface area contributed by atoms with Crippen molar-refractivity contribution in [2.24, 2.45) is 5.92 Å². The van der Waals surface area contributed by atoms with Gasteiger partial charge in [-0.2, -0.15) is 5.10 Å². The monoisotopic (exact) mass is 377 g/mol. The molecule has 0 aliphatic carbocycles. The van der Waals surface area contributed by atoms with Crippen molar-refractivity contribution in [2.75, 3.05) is 14.2 Å². The fourth-order valence-corrected chi connectivity index (χ4v) is 3.03. The highest BCUT2D eigenvalue weighted by Gasteiger charge is 2.21. The Bertz CT molecular complexity index is 802. The summed E-state index contributed by atoms with van der Waals surface area (Å²) in [4.78, 5) is 12.8. The van der Waals surface area contributed by atoms with Crippen molar-refractivity contribution in [2.45, 2.75) is 46.7 Å². The average Bonchev–Trinajstić information content (AvgIpc) is 3.03. The van der Waals surface area contributed by atoms with Gasteiger partial charge in [0, 0.05) is 18.2 Å². The lowest BCUT2D eigenvalue weighted by atomic mass is 10.1. The van der Waals surface area contributed by atoms with E-state index >= 15 is 0 Å². The van der Waals surface area contributed by atoms with Gasteiger partial charge in [-0.3, -0.25) is 9.48 Å². The topological polar surface area (TPSA) is 65.4 Å². The van der Waals surface area contributed by atoms with Crippen molar-refractivity contribution in [1.82, 2.24) is 15.1 Å². The molecular formula is C20H28FN3O3. The Hall–Kier alpha value is -2.57. The van der Waals surface area contributed by atoms with Crippen molar-refractivity contribution in [3.8, 4) is 11.5 Å². The number of carbonyl (C=O) groups excluding carboxylic acids is 1. The van der Waals surface area contributed by atoms with Gasteiger partial charge in [0.25, 0.3) is 5.91 Å². The largest absolute Gasteiger partial charge is 0.493 e. The second-order valence-corrected chi connectivity index (χ2v) is 6.86. The number of nitrogens with one attached hydrogen (secondary N) is 1. The molecule has 1 aromatic heterocycles. The maximum atomic E-state index is 14.4. The van der Waals surface area contributed by atoms with Gasteiger partial charge in [-0.25, -0.2) is 4.39 Å². The van der Waals surface area contributed by atoms with E-state index in [0.29, 0.717) is 35.0 Å². The second kappa shape index (κ2) is 8.88. The van der Waals surface area contributed by atoms with E-state index in [1.54, 1.807) is 19.2 Å². The maximum Gasteiger partial charge on any atom is 0.255 e. The molecule has 1 atom stereocenters. The number of carbonyl (C=O) groups is 1. The summed E-state index contributed by atoms with van der Waals surface area (Å²) in [5, 5.41) is 7.20. The number of aromatic nitrogens is 2. The van der Waals surface area contributed by atoms with Gasteiger partial charge in [0.05, 0.1) is 37.7 Å². The van der Waals surface area contributed by atoms with Crippen molar-refractivity contribution in [3.63, 3.8) is 0 Å². The minimum absolute atomic E-state index is 0.274. The molecule has 148 valence electrons. The van der Waals surface area contributed by atoms with Gasteiger partial charge in [0.1, 0.15) is 5.82 Å². The zero-order valence-electron chi connectivity index (χ0n) is 16.8. The van der Waals surface area contributed by atoms with Crippen molar-refractivity contribution in [1.29, 1.82) is 0 Å². The highest BCUT2D eigenvalue weighted by Crippen LogP contribution is 2.32. The molecule has 0 bridgehead atoms. The third-order valence-electron chi connectivity index (χ3n) is 4.38.